The molecule has 0 fully saturated rings. The number of furan rings is 1. The molecule has 0 aliphatic carbocycles. The molecule has 6 nitrogen and oxygen atoms in total. The number of aryl methyl sites for hydroxylation is 1. The number of pyridine rings is 1. The molecule has 4 aromatic rings. The molecule has 3 aromatic heterocycles. The normalized spacial score (nSPS) is 11.9. The van der Waals surface area contributed by atoms with Crippen LogP contribution >= 0.6 is 0 Å². The monoisotopic (exact) mass is 390 g/mol. The van der Waals surface area contributed by atoms with E-state index in [4.69, 9.17) is 8.83 Å². The van der Waals surface area contributed by atoms with Crippen molar-refractivity contribution in [3.63, 3.8) is 0 Å². The van der Waals surface area contributed by atoms with Gasteiger partial charge in [-0.15, -0.1) is 13.2 Å². The van der Waals surface area contributed by atoms with Crippen molar-refractivity contribution in [1.29, 1.82) is 0 Å². The number of hydrogen-bond donors (Lipinski definition) is 0. The zero-order valence-corrected chi connectivity index (χ0v) is 14.5. The minimum absolute atomic E-state index is 0.225. The number of rotatable bonds is 4. The van der Waals surface area contributed by atoms with E-state index >= 15 is 0 Å². The van der Waals surface area contributed by atoms with Gasteiger partial charge in [0.25, 0.3) is 0 Å². The average Bonchev–Trinajstić information content (AvgIpc) is 3.17. The molecule has 1 aromatic carbocycles. The number of nitrogens with zero attached hydrogens (tertiary/aromatic N) is 2. The van der Waals surface area contributed by atoms with Crippen LogP contribution in [0.3, 0.4) is 0 Å². The van der Waals surface area contributed by atoms with Crippen molar-refractivity contribution in [2.24, 2.45) is 0 Å². The summed E-state index contributed by atoms with van der Waals surface area (Å²) in [4.78, 5) is 16.7. The van der Waals surface area contributed by atoms with Crippen LogP contribution < -0.4 is 10.5 Å². The summed E-state index contributed by atoms with van der Waals surface area (Å²) in [6.45, 7) is 2.01. The average molecular weight is 390 g/mol. The van der Waals surface area contributed by atoms with Gasteiger partial charge in [-0.3, -0.25) is 4.57 Å². The van der Waals surface area contributed by atoms with Gasteiger partial charge in [-0.2, -0.15) is 0 Å². The van der Waals surface area contributed by atoms with Crippen LogP contribution in [0.2, 0.25) is 0 Å². The molecule has 0 radical (unpaired) electrons. The fourth-order valence-corrected chi connectivity index (χ4v) is 2.82. The summed E-state index contributed by atoms with van der Waals surface area (Å²) in [6, 6.07) is 10.3. The molecular formula is C19H13F3N2O4. The smallest absolute Gasteiger partial charge is 0.469 e. The molecule has 0 spiro atoms. The van der Waals surface area contributed by atoms with Crippen LogP contribution in [0.1, 0.15) is 11.3 Å². The summed E-state index contributed by atoms with van der Waals surface area (Å²) < 4.78 is 52.6. The third kappa shape index (κ3) is 3.51. The molecule has 0 amide bonds. The third-order valence-corrected chi connectivity index (χ3v) is 4.19. The Hall–Kier alpha value is -3.49. The second-order valence-corrected chi connectivity index (χ2v) is 6.05. The van der Waals surface area contributed by atoms with Crippen molar-refractivity contribution in [1.82, 2.24) is 9.55 Å². The van der Waals surface area contributed by atoms with Gasteiger partial charge in [0.1, 0.15) is 11.5 Å². The first-order chi connectivity index (χ1) is 13.3. The van der Waals surface area contributed by atoms with E-state index in [1.165, 1.54) is 35.1 Å². The summed E-state index contributed by atoms with van der Waals surface area (Å²) in [5.41, 5.74) is 2.50. The molecule has 0 bridgehead atoms. The van der Waals surface area contributed by atoms with Gasteiger partial charge < -0.3 is 13.6 Å². The van der Waals surface area contributed by atoms with Crippen molar-refractivity contribution in [3.05, 3.63) is 70.6 Å². The topological polar surface area (TPSA) is 70.4 Å². The highest BCUT2D eigenvalue weighted by Crippen LogP contribution is 2.27. The van der Waals surface area contributed by atoms with E-state index in [9.17, 15) is 18.0 Å². The molecule has 0 saturated heterocycles. The second kappa shape index (κ2) is 6.59. The number of oxazole rings is 1. The zero-order valence-electron chi connectivity index (χ0n) is 14.5. The van der Waals surface area contributed by atoms with Gasteiger partial charge in [-0.1, -0.05) is 0 Å². The van der Waals surface area contributed by atoms with Crippen molar-refractivity contribution >= 4 is 11.2 Å². The van der Waals surface area contributed by atoms with Crippen molar-refractivity contribution in [3.8, 4) is 17.0 Å². The molecule has 0 aliphatic rings. The molecule has 144 valence electrons. The maximum atomic E-state index is 12.3. The molecule has 9 heteroatoms. The summed E-state index contributed by atoms with van der Waals surface area (Å²) in [5, 5.41) is 0. The minimum Gasteiger partial charge on any atom is -0.469 e. The van der Waals surface area contributed by atoms with Crippen molar-refractivity contribution < 1.29 is 26.7 Å². The lowest BCUT2D eigenvalue weighted by Gasteiger charge is -2.09. The van der Waals surface area contributed by atoms with Gasteiger partial charge in [0.05, 0.1) is 18.5 Å². The fourth-order valence-electron chi connectivity index (χ4n) is 2.82. The number of alkyl halides is 3. The Labute approximate surface area is 155 Å². The van der Waals surface area contributed by atoms with Gasteiger partial charge in [0, 0.05) is 11.1 Å². The Morgan fingerprint density at radius 1 is 1.11 bits per heavy atom. The molecule has 4 rings (SSSR count). The van der Waals surface area contributed by atoms with Crippen LogP contribution in [0.4, 0.5) is 13.2 Å². The first-order valence-corrected chi connectivity index (χ1v) is 8.20. The van der Waals surface area contributed by atoms with Gasteiger partial charge >= 0.3 is 12.1 Å². The largest absolute Gasteiger partial charge is 0.573 e. The predicted octanol–water partition coefficient (Wildman–Crippen LogP) is 4.50. The Bertz CT molecular complexity index is 1190. The number of ether oxygens (including phenoxy) is 1. The van der Waals surface area contributed by atoms with E-state index in [2.05, 4.69) is 9.72 Å². The SMILES string of the molecule is Cc1occc1Cn1c(=O)oc2ccc(-c3ccc(OC(F)(F)F)cc3)nc21. The molecule has 28 heavy (non-hydrogen) atoms. The van der Waals surface area contributed by atoms with Crippen LogP contribution in [0.25, 0.3) is 22.5 Å². The summed E-state index contributed by atoms with van der Waals surface area (Å²) in [7, 11) is 0. The first kappa shape index (κ1) is 17.9. The Morgan fingerprint density at radius 3 is 2.50 bits per heavy atom. The zero-order chi connectivity index (χ0) is 19.9. The van der Waals surface area contributed by atoms with Gasteiger partial charge in [0.2, 0.25) is 0 Å². The molecule has 0 unspecified atom stereocenters. The number of fused-ring (bicyclic) bond motifs is 1. The number of benzene rings is 1. The maximum absolute atomic E-state index is 12.3. The highest BCUT2D eigenvalue weighted by molar-refractivity contribution is 5.74. The third-order valence-electron chi connectivity index (χ3n) is 4.19. The van der Waals surface area contributed by atoms with E-state index in [1.807, 2.05) is 0 Å². The van der Waals surface area contributed by atoms with E-state index in [0.29, 0.717) is 28.2 Å². The van der Waals surface area contributed by atoms with E-state index in [1.54, 1.807) is 25.1 Å². The lowest BCUT2D eigenvalue weighted by atomic mass is 10.1. The second-order valence-electron chi connectivity index (χ2n) is 6.05. The maximum Gasteiger partial charge on any atom is 0.573 e. The highest BCUT2D eigenvalue weighted by atomic mass is 19.4. The van der Waals surface area contributed by atoms with E-state index < -0.39 is 12.1 Å². The lowest BCUT2D eigenvalue weighted by Crippen LogP contribution is -2.17. The fraction of sp³-hybridized carbons (Fsp3) is 0.158. The van der Waals surface area contributed by atoms with Gasteiger partial charge in [-0.05, 0) is 49.4 Å². The molecule has 0 atom stereocenters. The highest BCUT2D eigenvalue weighted by Gasteiger charge is 2.31. The lowest BCUT2D eigenvalue weighted by molar-refractivity contribution is -0.274. The van der Waals surface area contributed by atoms with Gasteiger partial charge in [-0.25, -0.2) is 9.78 Å². The first-order valence-electron chi connectivity index (χ1n) is 8.20. The van der Waals surface area contributed by atoms with Crippen LogP contribution in [-0.2, 0) is 6.54 Å². The van der Waals surface area contributed by atoms with Crippen LogP contribution in [0.5, 0.6) is 5.75 Å². The van der Waals surface area contributed by atoms with Gasteiger partial charge in [0.15, 0.2) is 11.2 Å². The molecule has 3 heterocycles. The van der Waals surface area contributed by atoms with E-state index in [0.717, 1.165) is 5.56 Å². The minimum atomic E-state index is -4.75. The molecule has 0 aliphatic heterocycles. The van der Waals surface area contributed by atoms with Crippen LogP contribution in [0, 0.1) is 6.92 Å². The quantitative estimate of drug-likeness (QED) is 0.513. The molecule has 0 saturated carbocycles. The predicted molar refractivity (Wildman–Crippen MR) is 92.9 cm³/mol. The Balaban J connectivity index is 1.70. The Morgan fingerprint density at radius 2 is 1.86 bits per heavy atom. The van der Waals surface area contributed by atoms with Crippen molar-refractivity contribution in [2.45, 2.75) is 19.8 Å². The van der Waals surface area contributed by atoms with E-state index in [-0.39, 0.29) is 12.3 Å². The number of aromatic nitrogens is 2. The molecule has 0 N–H and O–H groups in total. The molecular weight excluding hydrogens is 377 g/mol. The standard InChI is InChI=1S/C19H13F3N2O4/c1-11-13(8-9-26-11)10-24-17-16(27-18(24)25)7-6-15(23-17)12-2-4-14(5-3-12)28-19(20,21)22/h2-9H,10H2,1H3. The Kier molecular flexibility index (Phi) is 4.21. The summed E-state index contributed by atoms with van der Waals surface area (Å²) in [6.07, 6.45) is -3.22. The summed E-state index contributed by atoms with van der Waals surface area (Å²) >= 11 is 0. The summed E-state index contributed by atoms with van der Waals surface area (Å²) in [5.74, 6) is -0.209. The number of hydrogen-bond acceptors (Lipinski definition) is 5. The number of halogens is 3. The van der Waals surface area contributed by atoms with Crippen molar-refractivity contribution in [2.75, 3.05) is 0 Å². The van der Waals surface area contributed by atoms with Crippen LogP contribution in [-0.4, -0.2) is 15.9 Å². The van der Waals surface area contributed by atoms with Crippen LogP contribution in [0.15, 0.2) is 62.4 Å².